The van der Waals surface area contributed by atoms with E-state index >= 15 is 0 Å². The van der Waals surface area contributed by atoms with Crippen LogP contribution in [0, 0.1) is 37.9 Å². The first kappa shape index (κ1) is 77.1. The predicted molar refractivity (Wildman–Crippen MR) is 513 cm³/mol. The molecule has 4 nitrogen and oxygen atoms in total. The number of para-hydroxylation sites is 4. The van der Waals surface area contributed by atoms with Crippen molar-refractivity contribution in [3.8, 4) is 55.9 Å². The summed E-state index contributed by atoms with van der Waals surface area (Å²) < 4.78 is 27.4. The van der Waals surface area contributed by atoms with E-state index in [4.69, 9.17) is 0 Å². The Labute approximate surface area is 707 Å². The highest BCUT2D eigenvalue weighted by Gasteiger charge is 2.47. The molecule has 0 atom stereocenters. The number of anilines is 6. The number of hydrogen-bond acceptors (Lipinski definition) is 2. The summed E-state index contributed by atoms with van der Waals surface area (Å²) >= 11 is 0. The topological polar surface area (TPSA) is 16.3 Å². The fraction of sp³-hybridized carbons (Fsp3) is 0.310. The number of hydrogen-bond donors (Lipinski definition) is 0. The van der Waals surface area contributed by atoms with Crippen LogP contribution >= 0.6 is 0 Å². The van der Waals surface area contributed by atoms with Crippen molar-refractivity contribution in [1.29, 1.82) is 0 Å². The molecule has 0 saturated heterocycles. The first-order chi connectivity index (χ1) is 56.6. The lowest BCUT2D eigenvalue weighted by Gasteiger charge is -2.46. The van der Waals surface area contributed by atoms with Gasteiger partial charge < -0.3 is 18.9 Å². The Bertz CT molecular complexity index is 5880. The van der Waals surface area contributed by atoms with Crippen molar-refractivity contribution < 1.29 is 2.74 Å². The zero-order valence-corrected chi connectivity index (χ0v) is 74.0. The normalized spacial score (nSPS) is 13.9. The third-order valence-electron chi connectivity index (χ3n) is 23.4. The molecule has 118 heavy (non-hydrogen) atoms. The third kappa shape index (κ3) is 16.1. The second kappa shape index (κ2) is 29.6. The first-order valence-electron chi connectivity index (χ1n) is 44.3. The molecule has 4 heterocycles. The first-order valence-corrected chi connectivity index (χ1v) is 43.3. The van der Waals surface area contributed by atoms with E-state index in [0.29, 0.717) is 5.56 Å². The Balaban J connectivity index is 1.10. The number of benzene rings is 13. The van der Waals surface area contributed by atoms with Crippen LogP contribution in [0.5, 0.6) is 0 Å². The Morgan fingerprint density at radius 2 is 0.517 bits per heavy atom. The van der Waals surface area contributed by atoms with Gasteiger partial charge in [-0.2, -0.15) is 0 Å². The molecule has 0 N–H and O–H groups in total. The molecule has 15 aromatic rings. The molecule has 2 aromatic heterocycles. The van der Waals surface area contributed by atoms with Gasteiger partial charge in [-0.15, -0.1) is 0 Å². The maximum absolute atomic E-state index is 11.2. The number of aromatic nitrogens is 2. The number of rotatable bonds is 15. The van der Waals surface area contributed by atoms with Gasteiger partial charge in [0.15, 0.2) is 0 Å². The fourth-order valence-corrected chi connectivity index (χ4v) is 19.7. The summed E-state index contributed by atoms with van der Waals surface area (Å²) in [6.07, 6.45) is 3.33. The summed E-state index contributed by atoms with van der Waals surface area (Å²) in [6, 6.07) is 103. The minimum atomic E-state index is -1.92. The number of fused-ring (bicyclic) bond motifs is 10. The Kier molecular flexibility index (Phi) is 19.3. The van der Waals surface area contributed by atoms with Gasteiger partial charge in [-0.3, -0.25) is 0 Å². The molecule has 5 heteroatoms. The van der Waals surface area contributed by atoms with Crippen LogP contribution in [-0.4, -0.2) is 15.8 Å². The molecule has 17 rings (SSSR count). The summed E-state index contributed by atoms with van der Waals surface area (Å²) in [4.78, 5) is 5.36. The summed E-state index contributed by atoms with van der Waals surface area (Å²) in [6.45, 7) is 48.4. The highest BCUT2D eigenvalue weighted by atomic mass is 15.2. The zero-order valence-electron chi connectivity index (χ0n) is 76.0. The van der Waals surface area contributed by atoms with Crippen LogP contribution < -0.4 is 26.2 Å². The molecule has 0 radical (unpaired) electrons. The highest BCUT2D eigenvalue weighted by Crippen LogP contribution is 2.56. The lowest BCUT2D eigenvalue weighted by atomic mass is 9.33. The van der Waals surface area contributed by atoms with Gasteiger partial charge in [0.2, 0.25) is 0 Å². The van der Waals surface area contributed by atoms with Crippen LogP contribution in [0.15, 0.2) is 267 Å². The Hall–Kier alpha value is -10.9. The minimum absolute atomic E-state index is 0.00722. The Morgan fingerprint density at radius 1 is 0.246 bits per heavy atom. The molecule has 0 spiro atoms. The van der Waals surface area contributed by atoms with Crippen LogP contribution in [0.25, 0.3) is 99.5 Å². The maximum atomic E-state index is 11.2. The average molecular weight is 1550 g/mol. The van der Waals surface area contributed by atoms with Crippen molar-refractivity contribution in [3.63, 3.8) is 0 Å². The van der Waals surface area contributed by atoms with Crippen LogP contribution in [0.1, 0.15) is 187 Å². The average Bonchev–Trinajstić information content (AvgIpc) is 0.738. The van der Waals surface area contributed by atoms with E-state index in [0.717, 1.165) is 167 Å². The molecule has 0 amide bonds. The second-order valence-corrected chi connectivity index (χ2v) is 42.9. The minimum Gasteiger partial charge on any atom is -0.310 e. The number of nitrogens with zero attached hydrogens (tertiary/aromatic N) is 4. The zero-order chi connectivity index (χ0) is 84.9. The van der Waals surface area contributed by atoms with E-state index < -0.39 is 18.5 Å². The van der Waals surface area contributed by atoms with Crippen LogP contribution in [0.2, 0.25) is 0 Å². The van der Waals surface area contributed by atoms with E-state index in [-0.39, 0.29) is 32.5 Å². The van der Waals surface area contributed by atoms with E-state index in [1.807, 2.05) is 0 Å². The molecule has 0 fully saturated rings. The van der Waals surface area contributed by atoms with E-state index in [9.17, 15) is 2.74 Å². The van der Waals surface area contributed by atoms with Crippen LogP contribution in [-0.2, 0) is 44.9 Å². The van der Waals surface area contributed by atoms with Gasteiger partial charge in [-0.25, -0.2) is 0 Å². The standard InChI is InChI=1S/C113H121BN4/c1-107(2,3)66-73-34-30-38-80(54-73)90-58-77(70-111(13,14)15)59-91(81-39-31-35-74(55-81)67-108(4,5)6)105(90)117-100-64-84(115-96-46-26-22-42-86(96)87-43-23-27-47-97(87)115)50-52-94(100)114-95-53-51-85(116-98-48-28-24-44-88(98)89-45-25-29-49-99(89)116)65-101(95)118(103-63-79(72-113(19,20)21)62-102(117)104(103)114)106-92(82-40-32-36-75(56-82)68-109(7,8)9)60-78(71-112(16,17)18)61-93(106)83-41-33-37-76(57-83)69-110(10,11)12/h22-65H,66-72H2,1-21H3/i72D2. The molecule has 2 aliphatic heterocycles. The molecule has 0 unspecified atom stereocenters. The van der Waals surface area contributed by atoms with Crippen molar-refractivity contribution in [3.05, 3.63) is 306 Å². The van der Waals surface area contributed by atoms with Crippen molar-refractivity contribution in [2.45, 2.75) is 190 Å². The SMILES string of the molecule is [2H]C([2H])(c1cc2c3c(c1)N(c1c(-c4cccc(CC(C)(C)C)c4)cc(CC(C)(C)C)cc1-c1cccc(CC(C)(C)C)c1)c1cc(-n4c5ccccc5c5ccccc54)ccc1B3c1ccc(-n3c4ccccc4c4ccccc43)cc1N2c1c(-c2cccc(CC(C)(C)C)c2)cc(CC(C)(C)C)cc1-c1cccc(CC(C)(C)C)c1)C(C)(C)C. The van der Waals surface area contributed by atoms with Gasteiger partial charge in [0.05, 0.1) is 33.4 Å². The Morgan fingerprint density at radius 3 is 0.788 bits per heavy atom. The van der Waals surface area contributed by atoms with Gasteiger partial charge in [-0.1, -0.05) is 327 Å². The molecule has 0 saturated carbocycles. The van der Waals surface area contributed by atoms with Gasteiger partial charge >= 0.3 is 0 Å². The predicted octanol–water partition coefficient (Wildman–Crippen LogP) is 29.8. The van der Waals surface area contributed by atoms with Crippen molar-refractivity contribution in [1.82, 2.24) is 9.13 Å². The summed E-state index contributed by atoms with van der Waals surface area (Å²) in [5, 5.41) is 4.79. The molecule has 13 aromatic carbocycles. The lowest BCUT2D eigenvalue weighted by Crippen LogP contribution is -2.61. The summed E-state index contributed by atoms with van der Waals surface area (Å²) in [5.41, 5.74) is 32.5. The van der Waals surface area contributed by atoms with E-state index in [1.54, 1.807) is 0 Å². The van der Waals surface area contributed by atoms with Gasteiger partial charge in [0, 0.05) is 80.7 Å². The molecule has 0 bridgehead atoms. The maximum Gasteiger partial charge on any atom is 0.252 e. The van der Waals surface area contributed by atoms with Gasteiger partial charge in [0.25, 0.3) is 6.71 Å². The molecular formula is C113H121BN4. The van der Waals surface area contributed by atoms with Crippen molar-refractivity contribution in [2.75, 3.05) is 9.80 Å². The van der Waals surface area contributed by atoms with Crippen LogP contribution in [0.4, 0.5) is 34.1 Å². The van der Waals surface area contributed by atoms with Gasteiger partial charge in [0.1, 0.15) is 0 Å². The monoisotopic (exact) mass is 1550 g/mol. The molecule has 0 aliphatic carbocycles. The van der Waals surface area contributed by atoms with Crippen LogP contribution in [0.3, 0.4) is 0 Å². The summed E-state index contributed by atoms with van der Waals surface area (Å²) in [5.74, 6) is 0. The molecule has 2 aliphatic rings. The third-order valence-corrected chi connectivity index (χ3v) is 23.4. The van der Waals surface area contributed by atoms with Gasteiger partial charge in [-0.05, 0) is 245 Å². The van der Waals surface area contributed by atoms with Crippen molar-refractivity contribution >= 4 is 101 Å². The quantitative estimate of drug-likeness (QED) is 0.0951. The van der Waals surface area contributed by atoms with E-state index in [1.165, 1.54) is 54.9 Å². The van der Waals surface area contributed by atoms with Crippen molar-refractivity contribution in [2.24, 2.45) is 37.9 Å². The second-order valence-electron chi connectivity index (χ2n) is 42.9. The highest BCUT2D eigenvalue weighted by molar-refractivity contribution is 7.00. The molecular weight excluding hydrogens is 1420 g/mol. The smallest absolute Gasteiger partial charge is 0.252 e. The largest absolute Gasteiger partial charge is 0.310 e. The molecule has 596 valence electrons. The fourth-order valence-electron chi connectivity index (χ4n) is 19.7. The van der Waals surface area contributed by atoms with E-state index in [2.05, 4.69) is 431 Å². The summed E-state index contributed by atoms with van der Waals surface area (Å²) in [7, 11) is 0. The lowest BCUT2D eigenvalue weighted by molar-refractivity contribution is 0.410.